The summed E-state index contributed by atoms with van der Waals surface area (Å²) in [5, 5.41) is 8.86. The third-order valence-electron chi connectivity index (χ3n) is 14.0. The SMILES string of the molecule is c1ccc(-c2nc(-c3cccc(-n4c5ccccc5c5ccccc54)c3)nc(-c3cccc4oc5ccc(-c6cccc7oc8cccc(-n9c%10ccccc%10c%10ccccc%109)c8c67)cc5c34)n2)cc1. The van der Waals surface area contributed by atoms with Gasteiger partial charge in [-0.1, -0.05) is 152 Å². The number of para-hydroxylation sites is 4. The van der Waals surface area contributed by atoms with Crippen LogP contribution in [0.25, 0.3) is 144 Å². The summed E-state index contributed by atoms with van der Waals surface area (Å²) in [6.07, 6.45) is 0. The van der Waals surface area contributed by atoms with Crippen molar-refractivity contribution in [3.8, 4) is 56.7 Å². The first-order valence-electron chi connectivity index (χ1n) is 23.5. The number of benzene rings is 10. The van der Waals surface area contributed by atoms with Crippen molar-refractivity contribution in [3.05, 3.63) is 224 Å². The van der Waals surface area contributed by atoms with Gasteiger partial charge in [0.05, 0.1) is 33.1 Å². The molecule has 0 radical (unpaired) electrons. The molecule has 0 spiro atoms. The van der Waals surface area contributed by atoms with Gasteiger partial charge in [0.15, 0.2) is 17.5 Å². The van der Waals surface area contributed by atoms with Crippen LogP contribution in [0.1, 0.15) is 0 Å². The molecule has 7 heteroatoms. The third-order valence-corrected chi connectivity index (χ3v) is 14.0. The van der Waals surface area contributed by atoms with Crippen LogP contribution in [0.15, 0.2) is 233 Å². The van der Waals surface area contributed by atoms with E-state index in [9.17, 15) is 0 Å². The van der Waals surface area contributed by atoms with Gasteiger partial charge >= 0.3 is 0 Å². The maximum atomic E-state index is 6.70. The Bertz CT molecular complexity index is 4510. The van der Waals surface area contributed by atoms with E-state index in [0.717, 1.165) is 105 Å². The fourth-order valence-electron chi connectivity index (χ4n) is 11.0. The lowest BCUT2D eigenvalue weighted by atomic mass is 9.96. The number of hydrogen-bond acceptors (Lipinski definition) is 5. The molecule has 0 saturated carbocycles. The topological polar surface area (TPSA) is 74.8 Å². The Morgan fingerprint density at radius 3 is 1.46 bits per heavy atom. The average Bonchev–Trinajstić information content (AvgIpc) is 4.19. The Morgan fingerprint density at radius 1 is 0.286 bits per heavy atom. The Kier molecular flexibility index (Phi) is 8.23. The Balaban J connectivity index is 0.924. The van der Waals surface area contributed by atoms with Crippen molar-refractivity contribution in [2.45, 2.75) is 0 Å². The summed E-state index contributed by atoms with van der Waals surface area (Å²) >= 11 is 0. The first-order valence-corrected chi connectivity index (χ1v) is 23.5. The van der Waals surface area contributed by atoms with Gasteiger partial charge < -0.3 is 18.0 Å². The minimum absolute atomic E-state index is 0.559. The molecular formula is C63H37N5O2. The van der Waals surface area contributed by atoms with E-state index in [1.54, 1.807) is 0 Å². The van der Waals surface area contributed by atoms with Gasteiger partial charge in [-0.3, -0.25) is 0 Å². The zero-order valence-electron chi connectivity index (χ0n) is 37.4. The number of aromatic nitrogens is 5. The van der Waals surface area contributed by atoms with E-state index in [-0.39, 0.29) is 0 Å². The van der Waals surface area contributed by atoms with Crippen LogP contribution in [-0.4, -0.2) is 24.1 Å². The largest absolute Gasteiger partial charge is 0.456 e. The third kappa shape index (κ3) is 5.72. The van der Waals surface area contributed by atoms with E-state index in [4.69, 9.17) is 23.8 Å². The highest BCUT2D eigenvalue weighted by Gasteiger charge is 2.23. The lowest BCUT2D eigenvalue weighted by molar-refractivity contribution is 0.668. The van der Waals surface area contributed by atoms with Gasteiger partial charge in [0.25, 0.3) is 0 Å². The van der Waals surface area contributed by atoms with Crippen LogP contribution in [0.4, 0.5) is 0 Å². The highest BCUT2D eigenvalue weighted by molar-refractivity contribution is 6.19. The standard InChI is InChI=1S/C63H37N5O2/c1-2-16-38(17-3-1)61-64-62(40-18-12-19-41(36-40)67-49-26-8-4-20-43(49)44-21-5-9-27-50(44)67)66-63(65-61)47-25-14-31-55-58(47)48-37-39(34-35-54(48)69-55)42-24-13-32-56-59(42)60-53(30-15-33-57(60)70-56)68-51-28-10-6-22-45(51)46-23-7-11-29-52(46)68/h1-37H. The van der Waals surface area contributed by atoms with Crippen molar-refractivity contribution in [2.75, 3.05) is 0 Å². The smallest absolute Gasteiger partial charge is 0.164 e. The molecule has 15 rings (SSSR count). The zero-order valence-corrected chi connectivity index (χ0v) is 37.4. The molecule has 10 aromatic carbocycles. The van der Waals surface area contributed by atoms with Gasteiger partial charge in [0.1, 0.15) is 22.3 Å². The van der Waals surface area contributed by atoms with E-state index in [2.05, 4.69) is 191 Å². The summed E-state index contributed by atoms with van der Waals surface area (Å²) in [4.78, 5) is 15.7. The molecule has 7 nitrogen and oxygen atoms in total. The minimum Gasteiger partial charge on any atom is -0.456 e. The molecule has 0 fully saturated rings. The zero-order chi connectivity index (χ0) is 45.9. The molecule has 5 aromatic heterocycles. The normalized spacial score (nSPS) is 12.0. The average molecular weight is 896 g/mol. The van der Waals surface area contributed by atoms with Crippen molar-refractivity contribution in [1.29, 1.82) is 0 Å². The molecule has 326 valence electrons. The molecule has 5 heterocycles. The number of nitrogens with zero attached hydrogens (tertiary/aromatic N) is 5. The Hall–Kier alpha value is -9.59. The Morgan fingerprint density at radius 2 is 0.786 bits per heavy atom. The van der Waals surface area contributed by atoms with Crippen LogP contribution in [0, 0.1) is 0 Å². The molecule has 0 aliphatic rings. The molecule has 0 aliphatic heterocycles. The second-order valence-corrected chi connectivity index (χ2v) is 17.9. The highest BCUT2D eigenvalue weighted by atomic mass is 16.3. The van der Waals surface area contributed by atoms with Crippen LogP contribution in [0.2, 0.25) is 0 Å². The van der Waals surface area contributed by atoms with Gasteiger partial charge in [0.2, 0.25) is 0 Å². The monoisotopic (exact) mass is 895 g/mol. The summed E-state index contributed by atoms with van der Waals surface area (Å²) in [6.45, 7) is 0. The van der Waals surface area contributed by atoms with Crippen LogP contribution in [-0.2, 0) is 0 Å². The van der Waals surface area contributed by atoms with Crippen molar-refractivity contribution in [1.82, 2.24) is 24.1 Å². The predicted molar refractivity (Wildman–Crippen MR) is 285 cm³/mol. The number of furan rings is 2. The van der Waals surface area contributed by atoms with Gasteiger partial charge in [-0.2, -0.15) is 0 Å². The van der Waals surface area contributed by atoms with E-state index >= 15 is 0 Å². The summed E-state index contributed by atoms with van der Waals surface area (Å²) in [5.41, 5.74) is 14.6. The molecule has 0 amide bonds. The van der Waals surface area contributed by atoms with Crippen molar-refractivity contribution < 1.29 is 8.83 Å². The van der Waals surface area contributed by atoms with Crippen LogP contribution < -0.4 is 0 Å². The maximum absolute atomic E-state index is 6.70. The van der Waals surface area contributed by atoms with Crippen LogP contribution in [0.3, 0.4) is 0 Å². The molecule has 0 atom stereocenters. The highest BCUT2D eigenvalue weighted by Crippen LogP contribution is 2.44. The number of fused-ring (bicyclic) bond motifs is 12. The molecule has 70 heavy (non-hydrogen) atoms. The van der Waals surface area contributed by atoms with Crippen molar-refractivity contribution >= 4 is 87.5 Å². The van der Waals surface area contributed by atoms with Crippen molar-refractivity contribution in [2.24, 2.45) is 0 Å². The van der Waals surface area contributed by atoms with E-state index in [0.29, 0.717) is 17.5 Å². The van der Waals surface area contributed by atoms with Gasteiger partial charge in [0, 0.05) is 60.1 Å². The van der Waals surface area contributed by atoms with E-state index in [1.807, 2.05) is 42.5 Å². The molecule has 15 aromatic rings. The summed E-state index contributed by atoms with van der Waals surface area (Å²) in [5.74, 6) is 1.73. The minimum atomic E-state index is 0.559. The molecule has 0 N–H and O–H groups in total. The Labute approximate surface area is 399 Å². The quantitative estimate of drug-likeness (QED) is 0.166. The van der Waals surface area contributed by atoms with Gasteiger partial charge in [-0.15, -0.1) is 0 Å². The first kappa shape index (κ1) is 38.5. The molecule has 0 unspecified atom stereocenters. The number of hydrogen-bond donors (Lipinski definition) is 0. The summed E-state index contributed by atoms with van der Waals surface area (Å²) in [7, 11) is 0. The maximum Gasteiger partial charge on any atom is 0.164 e. The fourth-order valence-corrected chi connectivity index (χ4v) is 11.0. The van der Waals surface area contributed by atoms with E-state index < -0.39 is 0 Å². The van der Waals surface area contributed by atoms with Gasteiger partial charge in [-0.05, 0) is 83.9 Å². The summed E-state index contributed by atoms with van der Waals surface area (Å²) in [6, 6.07) is 78.4. The predicted octanol–water partition coefficient (Wildman–Crippen LogP) is 16.5. The fraction of sp³-hybridized carbons (Fsp3) is 0. The van der Waals surface area contributed by atoms with Gasteiger partial charge in [-0.25, -0.2) is 15.0 Å². The summed E-state index contributed by atoms with van der Waals surface area (Å²) < 4.78 is 18.1. The second kappa shape index (κ2) is 15.0. The lowest BCUT2D eigenvalue weighted by Crippen LogP contribution is -2.01. The molecule has 0 saturated heterocycles. The van der Waals surface area contributed by atoms with E-state index in [1.165, 1.54) is 21.5 Å². The first-order chi connectivity index (χ1) is 34.7. The molecule has 0 bridgehead atoms. The molecular weight excluding hydrogens is 859 g/mol. The van der Waals surface area contributed by atoms with Crippen LogP contribution >= 0.6 is 0 Å². The molecule has 0 aliphatic carbocycles. The van der Waals surface area contributed by atoms with Crippen LogP contribution in [0.5, 0.6) is 0 Å². The lowest BCUT2D eigenvalue weighted by Gasteiger charge is -2.12. The number of rotatable bonds is 6. The van der Waals surface area contributed by atoms with Crippen molar-refractivity contribution in [3.63, 3.8) is 0 Å². The second-order valence-electron chi connectivity index (χ2n) is 17.9.